The molecule has 0 spiro atoms. The van der Waals surface area contributed by atoms with E-state index < -0.39 is 5.82 Å². The van der Waals surface area contributed by atoms with Crippen LogP contribution in [0.2, 0.25) is 0 Å². The van der Waals surface area contributed by atoms with E-state index in [4.69, 9.17) is 4.74 Å². The molecule has 2 aromatic rings. The summed E-state index contributed by atoms with van der Waals surface area (Å²) in [6.07, 6.45) is 3.63. The molecular weight excluding hydrogens is 412 g/mol. The SMILES string of the molecule is O=C(c1ccc(I)cc1)N1CCCC(Oc2ncc(F)cn2)C1. The van der Waals surface area contributed by atoms with Gasteiger partial charge in [-0.05, 0) is 59.7 Å². The fourth-order valence-electron chi connectivity index (χ4n) is 2.50. The van der Waals surface area contributed by atoms with Gasteiger partial charge in [-0.25, -0.2) is 14.4 Å². The first-order valence-electron chi connectivity index (χ1n) is 7.31. The molecule has 1 atom stereocenters. The molecule has 1 saturated heterocycles. The lowest BCUT2D eigenvalue weighted by Crippen LogP contribution is -2.44. The van der Waals surface area contributed by atoms with Crippen LogP contribution in [0.1, 0.15) is 23.2 Å². The summed E-state index contributed by atoms with van der Waals surface area (Å²) in [7, 11) is 0. The third-order valence-electron chi connectivity index (χ3n) is 3.63. The highest BCUT2D eigenvalue weighted by Gasteiger charge is 2.26. The molecular formula is C16H15FIN3O2. The number of carbonyl (C=O) groups is 1. The predicted molar refractivity (Wildman–Crippen MR) is 90.7 cm³/mol. The number of likely N-dealkylation sites (tertiary alicyclic amines) is 1. The van der Waals surface area contributed by atoms with Crippen molar-refractivity contribution in [2.75, 3.05) is 13.1 Å². The predicted octanol–water partition coefficient (Wildman–Crippen LogP) is 2.90. The first-order chi connectivity index (χ1) is 11.1. The first kappa shape index (κ1) is 16.1. The third kappa shape index (κ3) is 4.15. The van der Waals surface area contributed by atoms with E-state index in [9.17, 15) is 9.18 Å². The maximum atomic E-state index is 12.8. The van der Waals surface area contributed by atoms with Crippen molar-refractivity contribution in [2.45, 2.75) is 18.9 Å². The van der Waals surface area contributed by atoms with Crippen LogP contribution in [0, 0.1) is 9.39 Å². The standard InChI is InChI=1S/C16H15FIN3O2/c17-12-8-19-16(20-9-12)23-14-2-1-7-21(10-14)15(22)11-3-5-13(18)6-4-11/h3-6,8-9,14H,1-2,7,10H2. The van der Waals surface area contributed by atoms with E-state index in [1.165, 1.54) is 0 Å². The normalized spacial score (nSPS) is 17.8. The molecule has 1 unspecified atom stereocenters. The molecule has 0 bridgehead atoms. The van der Waals surface area contributed by atoms with Crippen molar-refractivity contribution in [1.29, 1.82) is 0 Å². The fraction of sp³-hybridized carbons (Fsp3) is 0.312. The summed E-state index contributed by atoms with van der Waals surface area (Å²) in [6.45, 7) is 1.18. The Kier molecular flexibility index (Phi) is 5.04. The Balaban J connectivity index is 1.64. The van der Waals surface area contributed by atoms with Gasteiger partial charge in [0.2, 0.25) is 0 Å². The molecule has 5 nitrogen and oxygen atoms in total. The van der Waals surface area contributed by atoms with Crippen molar-refractivity contribution in [3.05, 3.63) is 51.6 Å². The van der Waals surface area contributed by atoms with Crippen molar-refractivity contribution in [3.8, 4) is 6.01 Å². The lowest BCUT2D eigenvalue weighted by molar-refractivity contribution is 0.0515. The van der Waals surface area contributed by atoms with Gasteiger partial charge in [0, 0.05) is 15.7 Å². The zero-order valence-corrected chi connectivity index (χ0v) is 14.4. The Morgan fingerprint density at radius 1 is 1.26 bits per heavy atom. The summed E-state index contributed by atoms with van der Waals surface area (Å²) < 4.78 is 19.6. The van der Waals surface area contributed by atoms with Gasteiger partial charge in [0.1, 0.15) is 6.10 Å². The zero-order valence-electron chi connectivity index (χ0n) is 12.3. The Bertz CT molecular complexity index is 679. The highest BCUT2D eigenvalue weighted by atomic mass is 127. The molecule has 7 heteroatoms. The van der Waals surface area contributed by atoms with Crippen LogP contribution >= 0.6 is 22.6 Å². The third-order valence-corrected chi connectivity index (χ3v) is 4.34. The average Bonchev–Trinajstić information content (AvgIpc) is 2.57. The number of hydrogen-bond acceptors (Lipinski definition) is 4. The number of nitrogens with zero attached hydrogens (tertiary/aromatic N) is 3. The van der Waals surface area contributed by atoms with E-state index in [0.717, 1.165) is 28.8 Å². The van der Waals surface area contributed by atoms with Crippen molar-refractivity contribution < 1.29 is 13.9 Å². The smallest absolute Gasteiger partial charge is 0.316 e. The van der Waals surface area contributed by atoms with Crippen LogP contribution < -0.4 is 4.74 Å². The number of amides is 1. The second-order valence-corrected chi connectivity index (χ2v) is 6.57. The van der Waals surface area contributed by atoms with E-state index in [2.05, 4.69) is 32.6 Å². The van der Waals surface area contributed by atoms with Gasteiger partial charge in [-0.3, -0.25) is 4.79 Å². The number of carbonyl (C=O) groups excluding carboxylic acids is 1. The van der Waals surface area contributed by atoms with Crippen LogP contribution in [0.25, 0.3) is 0 Å². The maximum absolute atomic E-state index is 12.8. The molecule has 1 amide bonds. The van der Waals surface area contributed by atoms with E-state index in [1.54, 1.807) is 4.90 Å². The second kappa shape index (κ2) is 7.20. The number of benzene rings is 1. The van der Waals surface area contributed by atoms with Crippen molar-refractivity contribution in [2.24, 2.45) is 0 Å². The minimum atomic E-state index is -0.503. The molecule has 1 aliphatic rings. The fourth-order valence-corrected chi connectivity index (χ4v) is 2.86. The van der Waals surface area contributed by atoms with Gasteiger partial charge in [0.25, 0.3) is 5.91 Å². The summed E-state index contributed by atoms with van der Waals surface area (Å²) >= 11 is 2.21. The number of rotatable bonds is 3. The zero-order chi connectivity index (χ0) is 16.2. The summed E-state index contributed by atoms with van der Waals surface area (Å²) in [5, 5.41) is 0. The Hall–Kier alpha value is -1.77. The van der Waals surface area contributed by atoms with Crippen LogP contribution in [0.5, 0.6) is 6.01 Å². The number of aromatic nitrogens is 2. The lowest BCUT2D eigenvalue weighted by Gasteiger charge is -2.32. The number of hydrogen-bond donors (Lipinski definition) is 0. The highest BCUT2D eigenvalue weighted by molar-refractivity contribution is 14.1. The second-order valence-electron chi connectivity index (χ2n) is 5.32. The summed E-state index contributed by atoms with van der Waals surface area (Å²) in [6, 6.07) is 7.63. The number of ether oxygens (including phenoxy) is 1. The molecule has 0 saturated carbocycles. The molecule has 120 valence electrons. The first-order valence-corrected chi connectivity index (χ1v) is 8.39. The minimum absolute atomic E-state index is 0.00488. The van der Waals surface area contributed by atoms with Gasteiger partial charge in [-0.2, -0.15) is 0 Å². The van der Waals surface area contributed by atoms with Gasteiger partial charge < -0.3 is 9.64 Å². The van der Waals surface area contributed by atoms with Gasteiger partial charge >= 0.3 is 6.01 Å². The molecule has 3 rings (SSSR count). The van der Waals surface area contributed by atoms with Crippen molar-refractivity contribution in [3.63, 3.8) is 0 Å². The Morgan fingerprint density at radius 2 is 1.96 bits per heavy atom. The highest BCUT2D eigenvalue weighted by Crippen LogP contribution is 2.18. The molecule has 2 heterocycles. The molecule has 1 aromatic heterocycles. The summed E-state index contributed by atoms with van der Waals surface area (Å²) in [5.41, 5.74) is 0.670. The van der Waals surface area contributed by atoms with Crippen LogP contribution in [0.15, 0.2) is 36.7 Å². The van der Waals surface area contributed by atoms with Crippen LogP contribution in [-0.4, -0.2) is 40.0 Å². The average molecular weight is 427 g/mol. The van der Waals surface area contributed by atoms with Crippen LogP contribution in [-0.2, 0) is 0 Å². The van der Waals surface area contributed by atoms with Gasteiger partial charge in [-0.1, -0.05) is 0 Å². The Morgan fingerprint density at radius 3 is 2.65 bits per heavy atom. The largest absolute Gasteiger partial charge is 0.458 e. The molecule has 23 heavy (non-hydrogen) atoms. The summed E-state index contributed by atoms with van der Waals surface area (Å²) in [5.74, 6) is -0.508. The maximum Gasteiger partial charge on any atom is 0.316 e. The molecule has 0 N–H and O–H groups in total. The topological polar surface area (TPSA) is 55.3 Å². The van der Waals surface area contributed by atoms with Gasteiger partial charge in [-0.15, -0.1) is 0 Å². The van der Waals surface area contributed by atoms with Crippen molar-refractivity contribution >= 4 is 28.5 Å². The Labute approximate surface area is 147 Å². The van der Waals surface area contributed by atoms with Crippen LogP contribution in [0.4, 0.5) is 4.39 Å². The lowest BCUT2D eigenvalue weighted by atomic mass is 10.1. The molecule has 0 aliphatic carbocycles. The van der Waals surface area contributed by atoms with E-state index in [0.29, 0.717) is 18.7 Å². The number of piperidine rings is 1. The quantitative estimate of drug-likeness (QED) is 0.708. The number of halogens is 2. The van der Waals surface area contributed by atoms with E-state index >= 15 is 0 Å². The van der Waals surface area contributed by atoms with E-state index in [-0.39, 0.29) is 18.0 Å². The molecule has 1 aromatic carbocycles. The summed E-state index contributed by atoms with van der Waals surface area (Å²) in [4.78, 5) is 21.9. The molecule has 1 aliphatic heterocycles. The molecule has 1 fully saturated rings. The monoisotopic (exact) mass is 427 g/mol. The van der Waals surface area contributed by atoms with E-state index in [1.807, 2.05) is 24.3 Å². The molecule has 0 radical (unpaired) electrons. The minimum Gasteiger partial charge on any atom is -0.458 e. The van der Waals surface area contributed by atoms with Crippen LogP contribution in [0.3, 0.4) is 0 Å². The van der Waals surface area contributed by atoms with Crippen molar-refractivity contribution in [1.82, 2.24) is 14.9 Å². The van der Waals surface area contributed by atoms with Gasteiger partial charge in [0.05, 0.1) is 18.9 Å². The van der Waals surface area contributed by atoms with Gasteiger partial charge in [0.15, 0.2) is 5.82 Å².